The Morgan fingerprint density at radius 1 is 1.10 bits per heavy atom. The van der Waals surface area contributed by atoms with Crippen LogP contribution in [0.4, 0.5) is 0 Å². The summed E-state index contributed by atoms with van der Waals surface area (Å²) in [5.74, 6) is 0.482. The van der Waals surface area contributed by atoms with E-state index in [1.807, 2.05) is 0 Å². The summed E-state index contributed by atoms with van der Waals surface area (Å²) in [5, 5.41) is 3.73. The van der Waals surface area contributed by atoms with Crippen molar-refractivity contribution in [1.29, 1.82) is 0 Å². The molecule has 0 amide bonds. The normalized spacial score (nSPS) is 35.8. The van der Waals surface area contributed by atoms with E-state index in [0.29, 0.717) is 25.0 Å². The number of rotatable bonds is 4. The fraction of sp³-hybridized carbons (Fsp3) is 1.00. The second kappa shape index (κ2) is 6.52. The number of hydrogen-bond donors (Lipinski definition) is 1. The Morgan fingerprint density at radius 2 is 1.90 bits per heavy atom. The third-order valence-electron chi connectivity index (χ3n) is 5.47. The van der Waals surface area contributed by atoms with E-state index >= 15 is 0 Å². The maximum Gasteiger partial charge on any atom is 0.211 e. The molecule has 0 aromatic heterocycles. The van der Waals surface area contributed by atoms with Crippen molar-refractivity contribution in [3.8, 4) is 0 Å². The van der Waals surface area contributed by atoms with Gasteiger partial charge in [0.2, 0.25) is 10.0 Å². The van der Waals surface area contributed by atoms with Gasteiger partial charge in [-0.1, -0.05) is 0 Å². The van der Waals surface area contributed by atoms with Crippen LogP contribution in [0, 0.1) is 5.92 Å². The van der Waals surface area contributed by atoms with Crippen LogP contribution in [0.1, 0.15) is 38.5 Å². The smallest absolute Gasteiger partial charge is 0.211 e. The van der Waals surface area contributed by atoms with E-state index in [9.17, 15) is 8.42 Å². The van der Waals surface area contributed by atoms with Gasteiger partial charge in [0.25, 0.3) is 0 Å². The van der Waals surface area contributed by atoms with Crippen molar-refractivity contribution in [2.24, 2.45) is 5.92 Å². The van der Waals surface area contributed by atoms with Crippen molar-refractivity contribution in [2.45, 2.75) is 50.6 Å². The lowest BCUT2D eigenvalue weighted by Crippen LogP contribution is -2.48. The molecule has 0 aromatic carbocycles. The zero-order valence-electron chi connectivity index (χ0n) is 13.1. The molecule has 3 heterocycles. The summed E-state index contributed by atoms with van der Waals surface area (Å²) in [6, 6.07) is 1.44. The molecule has 3 rings (SSSR count). The van der Waals surface area contributed by atoms with Crippen LogP contribution in [-0.4, -0.2) is 68.7 Å². The Morgan fingerprint density at radius 3 is 2.71 bits per heavy atom. The van der Waals surface area contributed by atoms with Crippen molar-refractivity contribution in [2.75, 3.05) is 39.0 Å². The quantitative estimate of drug-likeness (QED) is 0.836. The highest BCUT2D eigenvalue weighted by Gasteiger charge is 2.32. The van der Waals surface area contributed by atoms with Gasteiger partial charge < -0.3 is 10.2 Å². The molecule has 1 N–H and O–H groups in total. The number of sulfonamides is 1. The molecule has 3 fully saturated rings. The van der Waals surface area contributed by atoms with Crippen LogP contribution in [-0.2, 0) is 10.0 Å². The minimum Gasteiger partial charge on any atom is -0.314 e. The Balaban J connectivity index is 1.44. The van der Waals surface area contributed by atoms with E-state index < -0.39 is 10.0 Å². The average molecular weight is 315 g/mol. The highest BCUT2D eigenvalue weighted by atomic mass is 32.2. The first-order valence-electron chi connectivity index (χ1n) is 8.45. The molecule has 3 aliphatic rings. The molecule has 0 aliphatic carbocycles. The summed E-state index contributed by atoms with van der Waals surface area (Å²) in [5.41, 5.74) is 0. The van der Waals surface area contributed by atoms with Gasteiger partial charge in [-0.2, -0.15) is 0 Å². The maximum absolute atomic E-state index is 11.7. The minimum atomic E-state index is -3.01. The van der Waals surface area contributed by atoms with Crippen LogP contribution in [0.25, 0.3) is 0 Å². The summed E-state index contributed by atoms with van der Waals surface area (Å²) in [4.78, 5) is 2.64. The topological polar surface area (TPSA) is 52.7 Å². The third kappa shape index (κ3) is 3.97. The third-order valence-corrected chi connectivity index (χ3v) is 6.74. The molecule has 3 atom stereocenters. The molecule has 0 spiro atoms. The van der Waals surface area contributed by atoms with Crippen LogP contribution in [0.5, 0.6) is 0 Å². The van der Waals surface area contributed by atoms with Gasteiger partial charge >= 0.3 is 0 Å². The lowest BCUT2D eigenvalue weighted by Gasteiger charge is -2.37. The summed E-state index contributed by atoms with van der Waals surface area (Å²) in [7, 11) is -3.01. The van der Waals surface area contributed by atoms with Gasteiger partial charge in [-0.25, -0.2) is 12.7 Å². The first kappa shape index (κ1) is 15.7. The molecule has 0 bridgehead atoms. The van der Waals surface area contributed by atoms with Crippen molar-refractivity contribution in [3.63, 3.8) is 0 Å². The standard InChI is InChI=1S/C15H29N3O2S/c1-21(19,20)18-8-2-4-13(12-18)11-16-14-6-9-17-7-3-5-15(17)10-14/h13-16H,2-12H2,1H3. The van der Waals surface area contributed by atoms with Crippen LogP contribution < -0.4 is 5.32 Å². The first-order chi connectivity index (χ1) is 10.0. The van der Waals surface area contributed by atoms with Crippen LogP contribution >= 0.6 is 0 Å². The fourth-order valence-corrected chi connectivity index (χ4v) is 5.18. The molecule has 5 nitrogen and oxygen atoms in total. The fourth-order valence-electron chi connectivity index (χ4n) is 4.24. The zero-order valence-corrected chi connectivity index (χ0v) is 13.9. The highest BCUT2D eigenvalue weighted by Crippen LogP contribution is 2.27. The van der Waals surface area contributed by atoms with Gasteiger partial charge in [0.1, 0.15) is 0 Å². The van der Waals surface area contributed by atoms with Gasteiger partial charge in [0.05, 0.1) is 6.26 Å². The monoisotopic (exact) mass is 315 g/mol. The summed E-state index contributed by atoms with van der Waals surface area (Å²) >= 11 is 0. The maximum atomic E-state index is 11.7. The van der Waals surface area contributed by atoms with Crippen LogP contribution in [0.2, 0.25) is 0 Å². The second-order valence-corrected chi connectivity index (χ2v) is 9.07. The molecule has 3 unspecified atom stereocenters. The molecule has 3 aliphatic heterocycles. The number of piperidine rings is 2. The molecule has 122 valence electrons. The number of hydrogen-bond acceptors (Lipinski definition) is 4. The molecule has 0 saturated carbocycles. The van der Waals surface area contributed by atoms with E-state index in [0.717, 1.165) is 25.4 Å². The zero-order chi connectivity index (χ0) is 14.9. The Bertz CT molecular complexity index is 454. The highest BCUT2D eigenvalue weighted by molar-refractivity contribution is 7.88. The SMILES string of the molecule is CS(=O)(=O)N1CCCC(CNC2CCN3CCCC3C2)C1. The Hall–Kier alpha value is -0.170. The summed E-state index contributed by atoms with van der Waals surface area (Å²) in [6.45, 7) is 4.92. The van der Waals surface area contributed by atoms with Gasteiger partial charge in [-0.05, 0) is 64.1 Å². The van der Waals surface area contributed by atoms with E-state index in [4.69, 9.17) is 0 Å². The number of nitrogens with one attached hydrogen (secondary N) is 1. The Labute approximate surface area is 129 Å². The lowest BCUT2D eigenvalue weighted by molar-refractivity contribution is 0.160. The molecular weight excluding hydrogens is 286 g/mol. The van der Waals surface area contributed by atoms with Gasteiger partial charge in [-0.15, -0.1) is 0 Å². The number of nitrogens with zero attached hydrogens (tertiary/aromatic N) is 2. The molecule has 3 saturated heterocycles. The van der Waals surface area contributed by atoms with Crippen molar-refractivity contribution >= 4 is 10.0 Å². The molecule has 21 heavy (non-hydrogen) atoms. The minimum absolute atomic E-state index is 0.482. The van der Waals surface area contributed by atoms with Crippen LogP contribution in [0.15, 0.2) is 0 Å². The predicted octanol–water partition coefficient (Wildman–Crippen LogP) is 0.874. The molecule has 6 heteroatoms. The van der Waals surface area contributed by atoms with E-state index in [1.165, 1.54) is 45.0 Å². The van der Waals surface area contributed by atoms with E-state index in [-0.39, 0.29) is 0 Å². The van der Waals surface area contributed by atoms with Gasteiger partial charge in [0, 0.05) is 25.2 Å². The van der Waals surface area contributed by atoms with Gasteiger partial charge in [-0.3, -0.25) is 0 Å². The molecule has 0 aromatic rings. The van der Waals surface area contributed by atoms with Crippen LogP contribution in [0.3, 0.4) is 0 Å². The Kier molecular flexibility index (Phi) is 4.88. The predicted molar refractivity (Wildman–Crippen MR) is 84.8 cm³/mol. The second-order valence-electron chi connectivity index (χ2n) is 7.09. The van der Waals surface area contributed by atoms with Crippen molar-refractivity contribution in [1.82, 2.24) is 14.5 Å². The molecule has 0 radical (unpaired) electrons. The average Bonchev–Trinajstić information content (AvgIpc) is 2.92. The lowest BCUT2D eigenvalue weighted by atomic mass is 9.95. The largest absolute Gasteiger partial charge is 0.314 e. The first-order valence-corrected chi connectivity index (χ1v) is 10.3. The molecular formula is C15H29N3O2S. The van der Waals surface area contributed by atoms with E-state index in [1.54, 1.807) is 4.31 Å². The van der Waals surface area contributed by atoms with Gasteiger partial charge in [0.15, 0.2) is 0 Å². The van der Waals surface area contributed by atoms with Crippen molar-refractivity contribution < 1.29 is 8.42 Å². The van der Waals surface area contributed by atoms with E-state index in [2.05, 4.69) is 10.2 Å². The van der Waals surface area contributed by atoms with Crippen molar-refractivity contribution in [3.05, 3.63) is 0 Å². The summed E-state index contributed by atoms with van der Waals surface area (Å²) < 4.78 is 25.0. The number of fused-ring (bicyclic) bond motifs is 1. The summed E-state index contributed by atoms with van der Waals surface area (Å²) in [6.07, 6.45) is 8.74.